The second-order valence-corrected chi connectivity index (χ2v) is 6.16. The molecule has 19 heavy (non-hydrogen) atoms. The molecule has 0 saturated carbocycles. The quantitative estimate of drug-likeness (QED) is 0.827. The van der Waals surface area contributed by atoms with Gasteiger partial charge in [-0.05, 0) is 24.1 Å². The highest BCUT2D eigenvalue weighted by Crippen LogP contribution is 2.09. The molecule has 5 nitrogen and oxygen atoms in total. The Balaban J connectivity index is 2.58. The van der Waals surface area contributed by atoms with Crippen molar-refractivity contribution in [3.8, 4) is 0 Å². The summed E-state index contributed by atoms with van der Waals surface area (Å²) in [4.78, 5) is 11.8. The third kappa shape index (κ3) is 5.00. The summed E-state index contributed by atoms with van der Waals surface area (Å²) in [7, 11) is -3.66. The van der Waals surface area contributed by atoms with Crippen LogP contribution >= 0.6 is 0 Å². The van der Waals surface area contributed by atoms with E-state index in [0.29, 0.717) is 6.54 Å². The van der Waals surface area contributed by atoms with E-state index >= 15 is 0 Å². The van der Waals surface area contributed by atoms with E-state index in [1.54, 1.807) is 12.1 Å². The summed E-state index contributed by atoms with van der Waals surface area (Å²) in [5.41, 5.74) is 0.837. The number of amides is 1. The van der Waals surface area contributed by atoms with E-state index in [9.17, 15) is 13.2 Å². The van der Waals surface area contributed by atoms with Gasteiger partial charge in [0.25, 0.3) is 0 Å². The average Bonchev–Trinajstić information content (AvgIpc) is 2.35. The zero-order chi connectivity index (χ0) is 14.5. The summed E-state index contributed by atoms with van der Waals surface area (Å²) < 4.78 is 22.2. The van der Waals surface area contributed by atoms with Gasteiger partial charge in [-0.15, -0.1) is 0 Å². The molecule has 0 saturated heterocycles. The Hall–Kier alpha value is -1.40. The number of nitrogens with one attached hydrogen (secondary N) is 1. The van der Waals surface area contributed by atoms with E-state index in [1.165, 1.54) is 12.1 Å². The van der Waals surface area contributed by atoms with Crippen LogP contribution in [0.1, 0.15) is 32.3 Å². The van der Waals surface area contributed by atoms with Crippen molar-refractivity contribution in [2.24, 2.45) is 11.1 Å². The van der Waals surface area contributed by atoms with Gasteiger partial charge in [-0.3, -0.25) is 4.79 Å². The molecule has 1 rings (SSSR count). The lowest BCUT2D eigenvalue weighted by Crippen LogP contribution is -2.28. The predicted molar refractivity (Wildman–Crippen MR) is 73.7 cm³/mol. The second kappa shape index (κ2) is 6.68. The number of hydrogen-bond donors (Lipinski definition) is 2. The number of nitrogens with two attached hydrogens (primary N) is 1. The Labute approximate surface area is 114 Å². The molecule has 6 heteroatoms. The van der Waals surface area contributed by atoms with Crippen molar-refractivity contribution in [3.05, 3.63) is 29.8 Å². The van der Waals surface area contributed by atoms with Gasteiger partial charge in [0.15, 0.2) is 0 Å². The molecule has 0 aliphatic rings. The van der Waals surface area contributed by atoms with E-state index in [0.717, 1.165) is 18.4 Å². The third-order valence-electron chi connectivity index (χ3n) is 2.89. The first-order valence-corrected chi connectivity index (χ1v) is 7.78. The minimum absolute atomic E-state index is 0.00584. The fourth-order valence-electron chi connectivity index (χ4n) is 1.72. The smallest absolute Gasteiger partial charge is 0.238 e. The molecule has 1 aromatic carbocycles. The Morgan fingerprint density at radius 2 is 1.89 bits per heavy atom. The molecule has 0 spiro atoms. The van der Waals surface area contributed by atoms with E-state index in [1.807, 2.05) is 13.8 Å². The van der Waals surface area contributed by atoms with Crippen LogP contribution in [0.15, 0.2) is 29.2 Å². The molecule has 0 aliphatic heterocycles. The van der Waals surface area contributed by atoms with Crippen molar-refractivity contribution in [2.45, 2.75) is 38.1 Å². The number of carbonyl (C=O) groups excluding carboxylic acids is 1. The Bertz CT molecular complexity index is 523. The summed E-state index contributed by atoms with van der Waals surface area (Å²) in [5, 5.41) is 7.83. The van der Waals surface area contributed by atoms with Gasteiger partial charge < -0.3 is 5.32 Å². The molecule has 0 heterocycles. The molecule has 0 bridgehead atoms. The lowest BCUT2D eigenvalue weighted by atomic mass is 10.1. The molecular weight excluding hydrogens is 264 g/mol. The monoisotopic (exact) mass is 284 g/mol. The lowest BCUT2D eigenvalue weighted by molar-refractivity contribution is -0.124. The van der Waals surface area contributed by atoms with Gasteiger partial charge in [0.05, 0.1) is 4.90 Å². The van der Waals surface area contributed by atoms with Crippen LogP contribution in [0.4, 0.5) is 0 Å². The molecule has 3 N–H and O–H groups in total. The largest absolute Gasteiger partial charge is 0.352 e. The van der Waals surface area contributed by atoms with E-state index in [-0.39, 0.29) is 16.7 Å². The lowest BCUT2D eigenvalue weighted by Gasteiger charge is -2.11. The minimum atomic E-state index is -3.66. The standard InChI is InChI=1S/C13H20N2O3S/c1-3-4-10(2)13(16)15-9-11-5-7-12(8-6-11)19(14,17)18/h5-8,10H,3-4,9H2,1-2H3,(H,15,16)(H2,14,17,18)/t10-/m0/s1. The van der Waals surface area contributed by atoms with Gasteiger partial charge >= 0.3 is 0 Å². The SMILES string of the molecule is CCC[C@H](C)C(=O)NCc1ccc(S(N)(=O)=O)cc1. The molecule has 0 aliphatic carbocycles. The summed E-state index contributed by atoms with van der Waals surface area (Å²) in [6, 6.07) is 6.16. The van der Waals surface area contributed by atoms with Crippen molar-refractivity contribution in [3.63, 3.8) is 0 Å². The van der Waals surface area contributed by atoms with Gasteiger partial charge in [-0.2, -0.15) is 0 Å². The zero-order valence-electron chi connectivity index (χ0n) is 11.2. The average molecular weight is 284 g/mol. The van der Waals surface area contributed by atoms with Crippen molar-refractivity contribution in [1.29, 1.82) is 0 Å². The summed E-state index contributed by atoms with van der Waals surface area (Å²) in [6.45, 7) is 4.32. The molecule has 0 radical (unpaired) electrons. The Morgan fingerprint density at radius 1 is 1.32 bits per heavy atom. The molecular formula is C13H20N2O3S. The topological polar surface area (TPSA) is 89.3 Å². The maximum Gasteiger partial charge on any atom is 0.238 e. The normalized spacial score (nSPS) is 13.0. The van der Waals surface area contributed by atoms with Crippen molar-refractivity contribution in [1.82, 2.24) is 5.32 Å². The van der Waals surface area contributed by atoms with Crippen molar-refractivity contribution in [2.75, 3.05) is 0 Å². The van der Waals surface area contributed by atoms with Crippen LogP contribution in [0.5, 0.6) is 0 Å². The summed E-state index contributed by atoms with van der Waals surface area (Å²) >= 11 is 0. The molecule has 106 valence electrons. The molecule has 1 atom stereocenters. The number of rotatable bonds is 6. The third-order valence-corrected chi connectivity index (χ3v) is 3.82. The maximum atomic E-state index is 11.7. The van der Waals surface area contributed by atoms with E-state index in [2.05, 4.69) is 5.32 Å². The highest BCUT2D eigenvalue weighted by molar-refractivity contribution is 7.89. The number of sulfonamides is 1. The Kier molecular flexibility index (Phi) is 5.50. The molecule has 1 aromatic rings. The zero-order valence-corrected chi connectivity index (χ0v) is 12.0. The van der Waals surface area contributed by atoms with Crippen LogP contribution in [-0.2, 0) is 21.4 Å². The van der Waals surface area contributed by atoms with Crippen molar-refractivity contribution < 1.29 is 13.2 Å². The first-order chi connectivity index (χ1) is 8.84. The minimum Gasteiger partial charge on any atom is -0.352 e. The fraction of sp³-hybridized carbons (Fsp3) is 0.462. The highest BCUT2D eigenvalue weighted by Gasteiger charge is 2.11. The molecule has 0 aromatic heterocycles. The molecule has 0 fully saturated rings. The number of hydrogen-bond acceptors (Lipinski definition) is 3. The van der Waals surface area contributed by atoms with Crippen LogP contribution in [0.3, 0.4) is 0 Å². The van der Waals surface area contributed by atoms with Crippen LogP contribution in [0.25, 0.3) is 0 Å². The highest BCUT2D eigenvalue weighted by atomic mass is 32.2. The number of primary sulfonamides is 1. The second-order valence-electron chi connectivity index (χ2n) is 4.60. The number of carbonyl (C=O) groups is 1. The summed E-state index contributed by atoms with van der Waals surface area (Å²) in [5.74, 6) is 0.00562. The van der Waals surface area contributed by atoms with Gasteiger partial charge in [-0.25, -0.2) is 13.6 Å². The first-order valence-electron chi connectivity index (χ1n) is 6.24. The van der Waals surface area contributed by atoms with Crippen LogP contribution in [0, 0.1) is 5.92 Å². The van der Waals surface area contributed by atoms with Gasteiger partial charge in [0.1, 0.15) is 0 Å². The van der Waals surface area contributed by atoms with Crippen LogP contribution < -0.4 is 10.5 Å². The van der Waals surface area contributed by atoms with E-state index < -0.39 is 10.0 Å². The maximum absolute atomic E-state index is 11.7. The molecule has 1 amide bonds. The van der Waals surface area contributed by atoms with Crippen molar-refractivity contribution >= 4 is 15.9 Å². The predicted octanol–water partition coefficient (Wildman–Crippen LogP) is 1.39. The van der Waals surface area contributed by atoms with Gasteiger partial charge in [0.2, 0.25) is 15.9 Å². The van der Waals surface area contributed by atoms with Gasteiger partial charge in [0, 0.05) is 12.5 Å². The fourth-order valence-corrected chi connectivity index (χ4v) is 2.24. The van der Waals surface area contributed by atoms with Gasteiger partial charge in [-0.1, -0.05) is 32.4 Å². The summed E-state index contributed by atoms with van der Waals surface area (Å²) in [6.07, 6.45) is 1.83. The molecule has 0 unspecified atom stereocenters. The number of benzene rings is 1. The Morgan fingerprint density at radius 3 is 2.37 bits per heavy atom. The van der Waals surface area contributed by atoms with Crippen LogP contribution in [-0.4, -0.2) is 14.3 Å². The van der Waals surface area contributed by atoms with E-state index in [4.69, 9.17) is 5.14 Å². The van der Waals surface area contributed by atoms with Crippen LogP contribution in [0.2, 0.25) is 0 Å². The first kappa shape index (κ1) is 15.7.